The van der Waals surface area contributed by atoms with Crippen molar-refractivity contribution >= 4 is 27.7 Å². The van der Waals surface area contributed by atoms with Crippen molar-refractivity contribution in [3.05, 3.63) is 59.7 Å². The van der Waals surface area contributed by atoms with Crippen LogP contribution in [0.25, 0.3) is 0 Å². The summed E-state index contributed by atoms with van der Waals surface area (Å²) in [6.45, 7) is 2.01. The monoisotopic (exact) mass is 503 g/mol. The van der Waals surface area contributed by atoms with Crippen LogP contribution in [0.5, 0.6) is 0 Å². The van der Waals surface area contributed by atoms with Crippen LogP contribution in [-0.4, -0.2) is 55.2 Å². The van der Waals surface area contributed by atoms with Gasteiger partial charge in [0.05, 0.1) is 24.6 Å². The van der Waals surface area contributed by atoms with Gasteiger partial charge < -0.3 is 5.32 Å². The van der Waals surface area contributed by atoms with Crippen LogP contribution >= 0.6 is 0 Å². The highest BCUT2D eigenvalue weighted by atomic mass is 32.2. The predicted molar refractivity (Wildman–Crippen MR) is 129 cm³/mol. The van der Waals surface area contributed by atoms with Crippen LogP contribution in [0.2, 0.25) is 0 Å². The Kier molecular flexibility index (Phi) is 7.78. The number of rotatable bonds is 9. The third-order valence-corrected chi connectivity index (χ3v) is 7.88. The first kappa shape index (κ1) is 25.2. The highest BCUT2D eigenvalue weighted by molar-refractivity contribution is 7.87. The van der Waals surface area contributed by atoms with E-state index in [0.717, 1.165) is 54.8 Å². The van der Waals surface area contributed by atoms with E-state index >= 15 is 0 Å². The molecule has 2 aromatic rings. The molecular formula is C24H30FN5O4S. The zero-order valence-corrected chi connectivity index (χ0v) is 20.4. The molecule has 1 unspecified atom stereocenters. The summed E-state index contributed by atoms with van der Waals surface area (Å²) in [4.78, 5) is 32.2. The molecule has 1 aliphatic heterocycles. The number of carbonyl (C=O) groups is 2. The second-order valence-electron chi connectivity index (χ2n) is 8.95. The molecule has 2 amide bonds. The molecule has 0 bridgehead atoms. The van der Waals surface area contributed by atoms with Gasteiger partial charge >= 0.3 is 0 Å². The van der Waals surface area contributed by atoms with E-state index in [1.54, 1.807) is 12.1 Å². The van der Waals surface area contributed by atoms with Gasteiger partial charge in [-0.25, -0.2) is 4.39 Å². The fourth-order valence-electron chi connectivity index (χ4n) is 4.40. The number of amides is 2. The second kappa shape index (κ2) is 10.8. The Bertz CT molecular complexity index is 1180. The molecule has 1 aliphatic carbocycles. The van der Waals surface area contributed by atoms with Crippen LogP contribution in [0.4, 0.5) is 10.1 Å². The zero-order chi connectivity index (χ0) is 25.0. The Hall–Kier alpha value is -2.89. The van der Waals surface area contributed by atoms with Gasteiger partial charge in [0.15, 0.2) is 0 Å². The van der Waals surface area contributed by atoms with Crippen LogP contribution in [0.15, 0.2) is 42.7 Å². The maximum Gasteiger partial charge on any atom is 0.280 e. The Balaban J connectivity index is 1.71. The van der Waals surface area contributed by atoms with E-state index in [2.05, 4.69) is 15.0 Å². The minimum absolute atomic E-state index is 0.0217. The van der Waals surface area contributed by atoms with Crippen molar-refractivity contribution < 1.29 is 22.4 Å². The van der Waals surface area contributed by atoms with E-state index in [1.807, 2.05) is 19.1 Å². The first-order chi connectivity index (χ1) is 16.8. The van der Waals surface area contributed by atoms with Gasteiger partial charge in [-0.3, -0.25) is 19.5 Å². The van der Waals surface area contributed by atoms with Crippen molar-refractivity contribution in [3.63, 3.8) is 0 Å². The number of nitrogens with one attached hydrogen (secondary N) is 2. The van der Waals surface area contributed by atoms with Gasteiger partial charge in [0, 0.05) is 25.2 Å². The highest BCUT2D eigenvalue weighted by Crippen LogP contribution is 2.31. The van der Waals surface area contributed by atoms with E-state index in [1.165, 1.54) is 10.5 Å². The molecular weight excluding hydrogens is 473 g/mol. The largest absolute Gasteiger partial charge is 0.351 e. The molecule has 1 saturated heterocycles. The summed E-state index contributed by atoms with van der Waals surface area (Å²) in [5.41, 5.74) is 1.39. The fraction of sp³-hybridized carbons (Fsp3) is 0.458. The van der Waals surface area contributed by atoms with Gasteiger partial charge in [0.2, 0.25) is 11.8 Å². The minimum Gasteiger partial charge on any atom is -0.351 e. The van der Waals surface area contributed by atoms with E-state index in [4.69, 9.17) is 0 Å². The van der Waals surface area contributed by atoms with E-state index in [-0.39, 0.29) is 11.7 Å². The standard InChI is InChI=1S/C24H30FN5O4S/c1-17-7-5-6-10-21(17)23(24(32)28-19-8-3-2-4-9-19)30(20-13-18(25)14-26-15-20)22(31)16-27-35(33,34)29-11-12-29/h5-7,10,13-15,19,23,27H,2-4,8-9,11-12,16H2,1H3,(H,28,32). The SMILES string of the molecule is Cc1ccccc1C(C(=O)NC1CCCCC1)N(C(=O)CNS(=O)(=O)N1CC1)c1cncc(F)c1. The van der Waals surface area contributed by atoms with E-state index < -0.39 is 40.4 Å². The number of aryl methyl sites for hydroxylation is 1. The molecule has 1 atom stereocenters. The predicted octanol–water partition coefficient (Wildman–Crippen LogP) is 2.20. The molecule has 2 aliphatic rings. The minimum atomic E-state index is -3.80. The first-order valence-corrected chi connectivity index (χ1v) is 13.2. The molecule has 1 saturated carbocycles. The first-order valence-electron chi connectivity index (χ1n) is 11.8. The molecule has 4 rings (SSSR count). The summed E-state index contributed by atoms with van der Waals surface area (Å²) in [5, 5.41) is 3.07. The third-order valence-electron chi connectivity index (χ3n) is 6.33. The maximum absolute atomic E-state index is 14.2. The van der Waals surface area contributed by atoms with Crippen molar-refractivity contribution in [1.82, 2.24) is 19.3 Å². The number of carbonyl (C=O) groups excluding carboxylic acids is 2. The topological polar surface area (TPSA) is 111 Å². The molecule has 9 nitrogen and oxygen atoms in total. The molecule has 0 radical (unpaired) electrons. The Morgan fingerprint density at radius 1 is 1.17 bits per heavy atom. The van der Waals surface area contributed by atoms with Crippen molar-refractivity contribution in [1.29, 1.82) is 0 Å². The molecule has 2 heterocycles. The van der Waals surface area contributed by atoms with Gasteiger partial charge in [-0.05, 0) is 30.9 Å². The average Bonchev–Trinajstić information content (AvgIpc) is 3.69. The van der Waals surface area contributed by atoms with Crippen molar-refractivity contribution in [2.75, 3.05) is 24.5 Å². The molecule has 188 valence electrons. The van der Waals surface area contributed by atoms with Crippen LogP contribution in [0, 0.1) is 12.7 Å². The normalized spacial score (nSPS) is 17.5. The van der Waals surface area contributed by atoms with E-state index in [0.29, 0.717) is 18.7 Å². The summed E-state index contributed by atoms with van der Waals surface area (Å²) in [5.74, 6) is -1.78. The van der Waals surface area contributed by atoms with Crippen molar-refractivity contribution in [2.45, 2.75) is 51.1 Å². The third kappa shape index (κ3) is 6.22. The summed E-state index contributed by atoms with van der Waals surface area (Å²) < 4.78 is 42.2. The summed E-state index contributed by atoms with van der Waals surface area (Å²) in [6.07, 6.45) is 7.11. The summed E-state index contributed by atoms with van der Waals surface area (Å²) in [7, 11) is -3.80. The number of aromatic nitrogens is 1. The van der Waals surface area contributed by atoms with Crippen LogP contribution < -0.4 is 14.9 Å². The summed E-state index contributed by atoms with van der Waals surface area (Å²) in [6, 6.07) is 7.11. The number of hydrogen-bond donors (Lipinski definition) is 2. The van der Waals surface area contributed by atoms with Crippen LogP contribution in [0.1, 0.15) is 49.3 Å². The lowest BCUT2D eigenvalue weighted by Gasteiger charge is -2.34. The Morgan fingerprint density at radius 2 is 1.89 bits per heavy atom. The van der Waals surface area contributed by atoms with Crippen LogP contribution in [0.3, 0.4) is 0 Å². The van der Waals surface area contributed by atoms with Gasteiger partial charge in [-0.1, -0.05) is 43.5 Å². The fourth-order valence-corrected chi connectivity index (χ4v) is 5.45. The van der Waals surface area contributed by atoms with Crippen molar-refractivity contribution in [3.8, 4) is 0 Å². The Morgan fingerprint density at radius 3 is 2.54 bits per heavy atom. The summed E-state index contributed by atoms with van der Waals surface area (Å²) >= 11 is 0. The Labute approximate surface area is 204 Å². The van der Waals surface area contributed by atoms with Gasteiger partial charge in [-0.15, -0.1) is 0 Å². The quantitative estimate of drug-likeness (QED) is 0.510. The molecule has 11 heteroatoms. The lowest BCUT2D eigenvalue weighted by molar-refractivity contribution is -0.127. The number of benzene rings is 1. The molecule has 2 N–H and O–H groups in total. The number of hydrogen-bond acceptors (Lipinski definition) is 5. The maximum atomic E-state index is 14.2. The lowest BCUT2D eigenvalue weighted by atomic mass is 9.94. The number of halogens is 1. The second-order valence-corrected chi connectivity index (χ2v) is 10.7. The highest BCUT2D eigenvalue weighted by Gasteiger charge is 2.37. The number of nitrogens with zero attached hydrogens (tertiary/aromatic N) is 3. The van der Waals surface area contributed by atoms with Gasteiger partial charge in [0.25, 0.3) is 10.2 Å². The van der Waals surface area contributed by atoms with E-state index in [9.17, 15) is 22.4 Å². The molecule has 2 fully saturated rings. The smallest absolute Gasteiger partial charge is 0.280 e. The van der Waals surface area contributed by atoms with Crippen LogP contribution in [-0.2, 0) is 19.8 Å². The molecule has 1 aromatic carbocycles. The number of pyridine rings is 1. The van der Waals surface area contributed by atoms with Crippen molar-refractivity contribution in [2.24, 2.45) is 0 Å². The molecule has 35 heavy (non-hydrogen) atoms. The zero-order valence-electron chi connectivity index (χ0n) is 19.6. The van der Waals surface area contributed by atoms with Gasteiger partial charge in [0.1, 0.15) is 11.9 Å². The lowest BCUT2D eigenvalue weighted by Crippen LogP contribution is -2.50. The average molecular weight is 504 g/mol. The molecule has 1 aromatic heterocycles. The number of anilines is 1. The molecule has 0 spiro atoms. The van der Waals surface area contributed by atoms with Gasteiger partial charge in [-0.2, -0.15) is 17.4 Å².